The molecule has 0 spiro atoms. The number of hydrogen-bond donors (Lipinski definition) is 0. The minimum absolute atomic E-state index is 0.402. The molecule has 0 atom stereocenters. The van der Waals surface area contributed by atoms with E-state index in [0.717, 1.165) is 21.6 Å². The van der Waals surface area contributed by atoms with E-state index in [-0.39, 0.29) is 0 Å². The van der Waals surface area contributed by atoms with Crippen LogP contribution in [0.1, 0.15) is 11.4 Å². The number of halogens is 2. The van der Waals surface area contributed by atoms with Crippen molar-refractivity contribution in [1.82, 2.24) is 9.78 Å². The minimum atomic E-state index is 0.402. The largest absolute Gasteiger partial charge is 0.486 e. The molecule has 2 rings (SSSR count). The summed E-state index contributed by atoms with van der Waals surface area (Å²) in [5, 5.41) is 4.90. The molecule has 1 heterocycles. The molecule has 1 aromatic carbocycles. The molecule has 0 N–H and O–H groups in total. The van der Waals surface area contributed by atoms with Gasteiger partial charge in [-0.15, -0.1) is 0 Å². The number of benzene rings is 1. The Hall–Kier alpha value is -1.000. The van der Waals surface area contributed by atoms with Crippen molar-refractivity contribution in [2.24, 2.45) is 7.05 Å². The first-order valence-electron chi connectivity index (χ1n) is 5.15. The molecule has 0 aliphatic carbocycles. The zero-order valence-corrected chi connectivity index (χ0v) is 11.9. The maximum Gasteiger partial charge on any atom is 0.134 e. The fourth-order valence-electron chi connectivity index (χ4n) is 1.54. The Bertz CT molecular complexity index is 539. The minimum Gasteiger partial charge on any atom is -0.486 e. The van der Waals surface area contributed by atoms with E-state index in [4.69, 9.17) is 16.3 Å². The molecule has 0 bridgehead atoms. The van der Waals surface area contributed by atoms with E-state index < -0.39 is 0 Å². The highest BCUT2D eigenvalue weighted by atomic mass is 79.9. The van der Waals surface area contributed by atoms with Crippen LogP contribution >= 0.6 is 27.5 Å². The van der Waals surface area contributed by atoms with Gasteiger partial charge in [-0.2, -0.15) is 5.10 Å². The van der Waals surface area contributed by atoms with Gasteiger partial charge in [-0.3, -0.25) is 4.68 Å². The van der Waals surface area contributed by atoms with Crippen LogP contribution in [0.2, 0.25) is 5.02 Å². The summed E-state index contributed by atoms with van der Waals surface area (Å²) in [6.45, 7) is 2.28. The van der Waals surface area contributed by atoms with Crippen LogP contribution in [0.25, 0.3) is 0 Å². The Morgan fingerprint density at radius 3 is 2.71 bits per heavy atom. The van der Waals surface area contributed by atoms with Crippen LogP contribution in [0.5, 0.6) is 5.75 Å². The maximum atomic E-state index is 6.15. The van der Waals surface area contributed by atoms with Gasteiger partial charge in [-0.1, -0.05) is 23.7 Å². The van der Waals surface area contributed by atoms with Crippen LogP contribution in [0, 0.1) is 6.92 Å². The van der Waals surface area contributed by atoms with Crippen LogP contribution in [-0.4, -0.2) is 9.78 Å². The molecule has 0 amide bonds. The Kier molecular flexibility index (Phi) is 3.74. The van der Waals surface area contributed by atoms with Gasteiger partial charge in [0.05, 0.1) is 20.9 Å². The van der Waals surface area contributed by atoms with Crippen LogP contribution < -0.4 is 4.74 Å². The predicted octanol–water partition coefficient (Wildman–Crippen LogP) is 3.72. The van der Waals surface area contributed by atoms with Gasteiger partial charge in [-0.25, -0.2) is 0 Å². The first-order valence-corrected chi connectivity index (χ1v) is 6.32. The second-order valence-electron chi connectivity index (χ2n) is 3.69. The average molecular weight is 316 g/mol. The van der Waals surface area contributed by atoms with E-state index in [0.29, 0.717) is 11.6 Å². The smallest absolute Gasteiger partial charge is 0.134 e. The molecule has 90 valence electrons. The average Bonchev–Trinajstić information content (AvgIpc) is 2.53. The standard InChI is InChI=1S/C12H12BrClN2O/c1-8-12(14)10(16(2)15-8)7-17-11-6-4-3-5-9(11)13/h3-6H,7H2,1-2H3. The summed E-state index contributed by atoms with van der Waals surface area (Å²) < 4.78 is 8.38. The number of aryl methyl sites for hydroxylation is 2. The van der Waals surface area contributed by atoms with Gasteiger partial charge < -0.3 is 4.74 Å². The SMILES string of the molecule is Cc1nn(C)c(COc2ccccc2Br)c1Cl. The van der Waals surface area contributed by atoms with E-state index >= 15 is 0 Å². The number of rotatable bonds is 3. The number of hydrogen-bond acceptors (Lipinski definition) is 2. The molecule has 0 saturated carbocycles. The predicted molar refractivity (Wildman–Crippen MR) is 71.4 cm³/mol. The van der Waals surface area contributed by atoms with Crippen LogP contribution in [-0.2, 0) is 13.7 Å². The molecule has 0 aliphatic rings. The van der Waals surface area contributed by atoms with Crippen LogP contribution in [0.4, 0.5) is 0 Å². The van der Waals surface area contributed by atoms with Gasteiger partial charge in [0.1, 0.15) is 12.4 Å². The highest BCUT2D eigenvalue weighted by Gasteiger charge is 2.12. The Balaban J connectivity index is 2.15. The number of aromatic nitrogens is 2. The lowest BCUT2D eigenvalue weighted by molar-refractivity contribution is 0.293. The summed E-state index contributed by atoms with van der Waals surface area (Å²) in [5.74, 6) is 0.794. The summed E-state index contributed by atoms with van der Waals surface area (Å²) in [6.07, 6.45) is 0. The Morgan fingerprint density at radius 1 is 1.41 bits per heavy atom. The zero-order valence-electron chi connectivity index (χ0n) is 9.58. The first kappa shape index (κ1) is 12.5. The molecule has 0 fully saturated rings. The summed E-state index contributed by atoms with van der Waals surface area (Å²) in [5.41, 5.74) is 1.69. The van der Waals surface area contributed by atoms with Crippen molar-refractivity contribution in [2.75, 3.05) is 0 Å². The second-order valence-corrected chi connectivity index (χ2v) is 4.92. The van der Waals surface area contributed by atoms with Crippen molar-refractivity contribution in [1.29, 1.82) is 0 Å². The lowest BCUT2D eigenvalue weighted by Crippen LogP contribution is -2.03. The first-order chi connectivity index (χ1) is 8.09. The third-order valence-corrected chi connectivity index (χ3v) is 3.61. The molecule has 5 heteroatoms. The normalized spacial score (nSPS) is 10.6. The molecule has 3 nitrogen and oxygen atoms in total. The highest BCUT2D eigenvalue weighted by molar-refractivity contribution is 9.10. The summed E-state index contributed by atoms with van der Waals surface area (Å²) in [4.78, 5) is 0. The molecule has 0 unspecified atom stereocenters. The van der Waals surface area contributed by atoms with E-state index in [9.17, 15) is 0 Å². The molecular weight excluding hydrogens is 304 g/mol. The number of nitrogens with zero attached hydrogens (tertiary/aromatic N) is 2. The molecule has 2 aromatic rings. The Morgan fingerprint density at radius 2 is 2.12 bits per heavy atom. The molecule has 1 aromatic heterocycles. The van der Waals surface area contributed by atoms with E-state index in [1.54, 1.807) is 4.68 Å². The summed E-state index contributed by atoms with van der Waals surface area (Å²) in [6, 6.07) is 7.71. The van der Waals surface area contributed by atoms with Crippen molar-refractivity contribution in [3.05, 3.63) is 45.1 Å². The second kappa shape index (κ2) is 5.10. The molecular formula is C12H12BrClN2O. The highest BCUT2D eigenvalue weighted by Crippen LogP contribution is 2.26. The lowest BCUT2D eigenvalue weighted by Gasteiger charge is -2.08. The summed E-state index contributed by atoms with van der Waals surface area (Å²) >= 11 is 9.58. The van der Waals surface area contributed by atoms with Gasteiger partial charge in [0.15, 0.2) is 0 Å². The maximum absolute atomic E-state index is 6.15. The van der Waals surface area contributed by atoms with Crippen molar-refractivity contribution in [3.8, 4) is 5.75 Å². The van der Waals surface area contributed by atoms with Gasteiger partial charge in [0.2, 0.25) is 0 Å². The fraction of sp³-hybridized carbons (Fsp3) is 0.250. The van der Waals surface area contributed by atoms with Crippen LogP contribution in [0.3, 0.4) is 0 Å². The van der Waals surface area contributed by atoms with E-state index in [2.05, 4.69) is 21.0 Å². The van der Waals surface area contributed by atoms with Crippen molar-refractivity contribution < 1.29 is 4.74 Å². The third kappa shape index (κ3) is 2.64. The molecule has 17 heavy (non-hydrogen) atoms. The van der Waals surface area contributed by atoms with Crippen LogP contribution in [0.15, 0.2) is 28.7 Å². The molecule has 0 aliphatic heterocycles. The van der Waals surface area contributed by atoms with E-state index in [1.807, 2.05) is 38.2 Å². The van der Waals surface area contributed by atoms with Gasteiger partial charge in [0, 0.05) is 7.05 Å². The number of ether oxygens (including phenoxy) is 1. The molecule has 0 saturated heterocycles. The topological polar surface area (TPSA) is 27.1 Å². The number of para-hydroxylation sites is 1. The van der Waals surface area contributed by atoms with Gasteiger partial charge in [-0.05, 0) is 35.0 Å². The van der Waals surface area contributed by atoms with Crippen molar-refractivity contribution in [2.45, 2.75) is 13.5 Å². The van der Waals surface area contributed by atoms with Gasteiger partial charge in [0.25, 0.3) is 0 Å². The third-order valence-electron chi connectivity index (χ3n) is 2.46. The van der Waals surface area contributed by atoms with Crippen molar-refractivity contribution >= 4 is 27.5 Å². The monoisotopic (exact) mass is 314 g/mol. The van der Waals surface area contributed by atoms with E-state index in [1.165, 1.54) is 0 Å². The molecule has 0 radical (unpaired) electrons. The lowest BCUT2D eigenvalue weighted by atomic mass is 10.3. The quantitative estimate of drug-likeness (QED) is 0.863. The van der Waals surface area contributed by atoms with Crippen molar-refractivity contribution in [3.63, 3.8) is 0 Å². The summed E-state index contributed by atoms with van der Waals surface area (Å²) in [7, 11) is 1.86. The van der Waals surface area contributed by atoms with Gasteiger partial charge >= 0.3 is 0 Å². The Labute approximate surface area is 113 Å². The zero-order chi connectivity index (χ0) is 12.4. The fourth-order valence-corrected chi connectivity index (χ4v) is 2.16.